The number of benzene rings is 2. The van der Waals surface area contributed by atoms with Crippen LogP contribution in [-0.4, -0.2) is 25.7 Å². The molecule has 1 aliphatic heterocycles. The van der Waals surface area contributed by atoms with Crippen LogP contribution < -0.4 is 19.5 Å². The van der Waals surface area contributed by atoms with E-state index in [9.17, 15) is 4.79 Å². The monoisotopic (exact) mass is 327 g/mol. The van der Waals surface area contributed by atoms with Crippen molar-refractivity contribution >= 4 is 5.91 Å². The van der Waals surface area contributed by atoms with E-state index in [1.807, 2.05) is 38.1 Å². The van der Waals surface area contributed by atoms with Crippen LogP contribution >= 0.6 is 0 Å². The van der Waals surface area contributed by atoms with Crippen molar-refractivity contribution in [3.63, 3.8) is 0 Å². The lowest BCUT2D eigenvalue weighted by molar-refractivity contribution is 0.0938. The zero-order valence-corrected chi connectivity index (χ0v) is 13.9. The molecule has 0 aliphatic carbocycles. The summed E-state index contributed by atoms with van der Waals surface area (Å²) < 4.78 is 16.4. The van der Waals surface area contributed by atoms with Gasteiger partial charge in [-0.1, -0.05) is 12.1 Å². The lowest BCUT2D eigenvalue weighted by Crippen LogP contribution is -2.27. The molecule has 1 unspecified atom stereocenters. The Morgan fingerprint density at radius 3 is 2.54 bits per heavy atom. The van der Waals surface area contributed by atoms with Gasteiger partial charge < -0.3 is 19.5 Å². The van der Waals surface area contributed by atoms with E-state index in [0.29, 0.717) is 36.9 Å². The molecule has 0 saturated carbocycles. The molecule has 0 aromatic heterocycles. The van der Waals surface area contributed by atoms with Gasteiger partial charge in [-0.15, -0.1) is 0 Å². The zero-order chi connectivity index (χ0) is 16.9. The van der Waals surface area contributed by atoms with Gasteiger partial charge in [0.05, 0.1) is 12.6 Å². The molecule has 5 nitrogen and oxygen atoms in total. The highest BCUT2D eigenvalue weighted by Crippen LogP contribution is 2.30. The molecule has 0 saturated heterocycles. The summed E-state index contributed by atoms with van der Waals surface area (Å²) in [5.74, 6) is 1.97. The number of fused-ring (bicyclic) bond motifs is 1. The maximum absolute atomic E-state index is 12.5. The molecular weight excluding hydrogens is 306 g/mol. The minimum atomic E-state index is -0.145. The molecule has 1 atom stereocenters. The predicted molar refractivity (Wildman–Crippen MR) is 90.9 cm³/mol. The second-order valence-corrected chi connectivity index (χ2v) is 5.56. The zero-order valence-electron chi connectivity index (χ0n) is 13.9. The Hall–Kier alpha value is -2.69. The van der Waals surface area contributed by atoms with Gasteiger partial charge in [0, 0.05) is 5.56 Å². The van der Waals surface area contributed by atoms with Crippen LogP contribution in [0, 0.1) is 0 Å². The molecule has 0 bridgehead atoms. The fourth-order valence-electron chi connectivity index (χ4n) is 2.57. The third-order valence-corrected chi connectivity index (χ3v) is 3.84. The lowest BCUT2D eigenvalue weighted by Gasteiger charge is -2.19. The first-order valence-electron chi connectivity index (χ1n) is 8.10. The summed E-state index contributed by atoms with van der Waals surface area (Å²) in [7, 11) is 0. The number of amides is 1. The van der Waals surface area contributed by atoms with E-state index in [0.717, 1.165) is 11.3 Å². The van der Waals surface area contributed by atoms with Crippen molar-refractivity contribution in [2.45, 2.75) is 19.9 Å². The van der Waals surface area contributed by atoms with Gasteiger partial charge in [0.1, 0.15) is 19.0 Å². The van der Waals surface area contributed by atoms with Crippen LogP contribution in [0.15, 0.2) is 42.5 Å². The van der Waals surface area contributed by atoms with Crippen LogP contribution in [-0.2, 0) is 0 Å². The Morgan fingerprint density at radius 2 is 1.83 bits per heavy atom. The first-order valence-corrected chi connectivity index (χ1v) is 8.10. The fourth-order valence-corrected chi connectivity index (χ4v) is 2.57. The Bertz CT molecular complexity index is 712. The Labute approximate surface area is 141 Å². The maximum atomic E-state index is 12.5. The van der Waals surface area contributed by atoms with E-state index in [-0.39, 0.29) is 11.9 Å². The first kappa shape index (κ1) is 16.2. The van der Waals surface area contributed by atoms with Gasteiger partial charge >= 0.3 is 0 Å². The smallest absolute Gasteiger partial charge is 0.251 e. The van der Waals surface area contributed by atoms with Gasteiger partial charge in [0.25, 0.3) is 5.91 Å². The number of rotatable bonds is 5. The molecule has 0 spiro atoms. The summed E-state index contributed by atoms with van der Waals surface area (Å²) in [4.78, 5) is 12.5. The van der Waals surface area contributed by atoms with Crippen LogP contribution in [0.3, 0.4) is 0 Å². The average molecular weight is 327 g/mol. The molecule has 0 fully saturated rings. The Morgan fingerprint density at radius 1 is 1.12 bits per heavy atom. The molecule has 2 aromatic carbocycles. The molecule has 1 N–H and O–H groups in total. The van der Waals surface area contributed by atoms with Gasteiger partial charge in [0.15, 0.2) is 11.5 Å². The molecule has 1 heterocycles. The first-order chi connectivity index (χ1) is 11.7. The predicted octanol–water partition coefficient (Wildman–Crippen LogP) is 3.35. The van der Waals surface area contributed by atoms with Crippen molar-refractivity contribution in [3.05, 3.63) is 53.6 Å². The van der Waals surface area contributed by atoms with Crippen molar-refractivity contribution in [2.75, 3.05) is 19.8 Å². The molecule has 3 rings (SSSR count). The quantitative estimate of drug-likeness (QED) is 0.915. The van der Waals surface area contributed by atoms with Gasteiger partial charge in [-0.3, -0.25) is 4.79 Å². The van der Waals surface area contributed by atoms with Gasteiger partial charge in [0.2, 0.25) is 0 Å². The molecule has 24 heavy (non-hydrogen) atoms. The number of carbonyl (C=O) groups excluding carboxylic acids is 1. The molecule has 126 valence electrons. The van der Waals surface area contributed by atoms with E-state index in [1.165, 1.54) is 0 Å². The van der Waals surface area contributed by atoms with E-state index in [1.54, 1.807) is 18.2 Å². The largest absolute Gasteiger partial charge is 0.494 e. The third-order valence-electron chi connectivity index (χ3n) is 3.84. The fraction of sp³-hybridized carbons (Fsp3) is 0.316. The van der Waals surface area contributed by atoms with E-state index in [2.05, 4.69) is 5.32 Å². The molecular formula is C19H21NO4. The Kier molecular flexibility index (Phi) is 4.89. The number of hydrogen-bond acceptors (Lipinski definition) is 4. The van der Waals surface area contributed by atoms with Crippen LogP contribution in [0.5, 0.6) is 17.2 Å². The summed E-state index contributed by atoms with van der Waals surface area (Å²) in [6.07, 6.45) is 0. The van der Waals surface area contributed by atoms with E-state index < -0.39 is 0 Å². The van der Waals surface area contributed by atoms with Crippen LogP contribution in [0.2, 0.25) is 0 Å². The third kappa shape index (κ3) is 3.62. The minimum absolute atomic E-state index is 0.110. The van der Waals surface area contributed by atoms with Gasteiger partial charge in [-0.2, -0.15) is 0 Å². The topological polar surface area (TPSA) is 56.8 Å². The molecule has 2 aromatic rings. The van der Waals surface area contributed by atoms with Crippen molar-refractivity contribution in [3.8, 4) is 17.2 Å². The summed E-state index contributed by atoms with van der Waals surface area (Å²) >= 11 is 0. The lowest BCUT2D eigenvalue weighted by atomic mass is 10.1. The number of hydrogen-bond donors (Lipinski definition) is 1. The van der Waals surface area contributed by atoms with Crippen molar-refractivity contribution in [2.24, 2.45) is 0 Å². The Balaban J connectivity index is 1.67. The summed E-state index contributed by atoms with van der Waals surface area (Å²) in [5, 5.41) is 2.99. The summed E-state index contributed by atoms with van der Waals surface area (Å²) in [6, 6.07) is 12.9. The highest BCUT2D eigenvalue weighted by molar-refractivity contribution is 5.95. The van der Waals surface area contributed by atoms with E-state index >= 15 is 0 Å². The van der Waals surface area contributed by atoms with Crippen LogP contribution in [0.1, 0.15) is 35.8 Å². The van der Waals surface area contributed by atoms with Crippen LogP contribution in [0.4, 0.5) is 0 Å². The minimum Gasteiger partial charge on any atom is -0.494 e. The highest BCUT2D eigenvalue weighted by atomic mass is 16.6. The SMILES string of the molecule is CCOc1ccc(C(C)NC(=O)c2ccc3c(c2)OCCO3)cc1. The molecule has 5 heteroatoms. The van der Waals surface area contributed by atoms with Crippen molar-refractivity contribution in [1.29, 1.82) is 0 Å². The number of nitrogens with one attached hydrogen (secondary N) is 1. The molecule has 0 radical (unpaired) electrons. The average Bonchev–Trinajstić information content (AvgIpc) is 2.62. The number of carbonyl (C=O) groups is 1. The van der Waals surface area contributed by atoms with Gasteiger partial charge in [-0.05, 0) is 49.7 Å². The molecule has 1 aliphatic rings. The van der Waals surface area contributed by atoms with Crippen molar-refractivity contribution in [1.82, 2.24) is 5.32 Å². The summed E-state index contributed by atoms with van der Waals surface area (Å²) in [5.41, 5.74) is 1.57. The summed E-state index contributed by atoms with van der Waals surface area (Å²) in [6.45, 7) is 5.57. The van der Waals surface area contributed by atoms with Crippen LogP contribution in [0.25, 0.3) is 0 Å². The van der Waals surface area contributed by atoms with E-state index in [4.69, 9.17) is 14.2 Å². The standard InChI is InChI=1S/C19H21NO4/c1-3-22-16-7-4-14(5-8-16)13(2)20-19(21)15-6-9-17-18(12-15)24-11-10-23-17/h4-9,12-13H,3,10-11H2,1-2H3,(H,20,21). The normalized spacial score (nSPS) is 13.9. The second-order valence-electron chi connectivity index (χ2n) is 5.56. The second kappa shape index (κ2) is 7.25. The number of ether oxygens (including phenoxy) is 3. The van der Waals surface area contributed by atoms with Gasteiger partial charge in [-0.25, -0.2) is 0 Å². The maximum Gasteiger partial charge on any atom is 0.251 e. The van der Waals surface area contributed by atoms with Crippen molar-refractivity contribution < 1.29 is 19.0 Å². The molecule has 1 amide bonds. The highest BCUT2D eigenvalue weighted by Gasteiger charge is 2.16.